The lowest BCUT2D eigenvalue weighted by molar-refractivity contribution is -0.140. The zero-order valence-corrected chi connectivity index (χ0v) is 11.1. The van der Waals surface area contributed by atoms with Gasteiger partial charge in [-0.25, -0.2) is 4.39 Å². The number of hydrogen-bond donors (Lipinski definition) is 1. The molecular formula is C12H10ClF4NS. The highest BCUT2D eigenvalue weighted by molar-refractivity contribution is 7.08. The van der Waals surface area contributed by atoms with Gasteiger partial charge in [0.1, 0.15) is 5.82 Å². The van der Waals surface area contributed by atoms with Gasteiger partial charge in [0, 0.05) is 0 Å². The van der Waals surface area contributed by atoms with Crippen LogP contribution in [0.5, 0.6) is 0 Å². The van der Waals surface area contributed by atoms with Gasteiger partial charge in [-0.1, -0.05) is 6.07 Å². The number of alkyl halides is 3. The van der Waals surface area contributed by atoms with E-state index in [9.17, 15) is 17.6 Å². The second-order valence-corrected chi connectivity index (χ2v) is 4.55. The Labute approximate surface area is 117 Å². The van der Waals surface area contributed by atoms with E-state index >= 15 is 0 Å². The fourth-order valence-electron chi connectivity index (χ4n) is 1.60. The van der Waals surface area contributed by atoms with E-state index in [2.05, 4.69) is 0 Å². The van der Waals surface area contributed by atoms with Gasteiger partial charge in [-0.05, 0) is 40.1 Å². The molecule has 1 heterocycles. The molecule has 0 aliphatic heterocycles. The van der Waals surface area contributed by atoms with Crippen LogP contribution in [-0.2, 0) is 6.18 Å². The Kier molecular flexibility index (Phi) is 4.95. The summed E-state index contributed by atoms with van der Waals surface area (Å²) in [5, 5.41) is 3.53. The van der Waals surface area contributed by atoms with Crippen LogP contribution in [0.2, 0.25) is 0 Å². The number of thiophene rings is 1. The predicted molar refractivity (Wildman–Crippen MR) is 69.0 cm³/mol. The van der Waals surface area contributed by atoms with Gasteiger partial charge >= 0.3 is 6.18 Å². The summed E-state index contributed by atoms with van der Waals surface area (Å²) in [6.45, 7) is 0. The van der Waals surface area contributed by atoms with Crippen molar-refractivity contribution in [1.82, 2.24) is 0 Å². The molecule has 1 nitrogen and oxygen atoms in total. The molecule has 0 bridgehead atoms. The zero-order chi connectivity index (χ0) is 13.3. The minimum absolute atomic E-state index is 0. The minimum Gasteiger partial charge on any atom is -0.320 e. The van der Waals surface area contributed by atoms with Crippen LogP contribution in [0.3, 0.4) is 0 Å². The molecule has 0 fully saturated rings. The summed E-state index contributed by atoms with van der Waals surface area (Å²) < 4.78 is 50.8. The van der Waals surface area contributed by atoms with Gasteiger partial charge < -0.3 is 5.73 Å². The van der Waals surface area contributed by atoms with E-state index < -0.39 is 23.6 Å². The normalized spacial score (nSPS) is 12.9. The smallest absolute Gasteiger partial charge is 0.320 e. The molecule has 2 rings (SSSR count). The summed E-state index contributed by atoms with van der Waals surface area (Å²) in [5.41, 5.74) is 5.50. The number of hydrogen-bond acceptors (Lipinski definition) is 2. The molecule has 7 heteroatoms. The molecule has 1 aromatic heterocycles. The molecule has 0 unspecified atom stereocenters. The number of benzene rings is 1. The van der Waals surface area contributed by atoms with Crippen LogP contribution in [0.25, 0.3) is 0 Å². The SMILES string of the molecule is Cl.N[C@@H](c1ccsc1)c1ccc(F)c(C(F)(F)F)c1. The van der Waals surface area contributed by atoms with Crippen molar-refractivity contribution in [3.63, 3.8) is 0 Å². The van der Waals surface area contributed by atoms with Gasteiger partial charge in [0.05, 0.1) is 11.6 Å². The third-order valence-electron chi connectivity index (χ3n) is 2.56. The van der Waals surface area contributed by atoms with E-state index in [1.54, 1.807) is 16.8 Å². The van der Waals surface area contributed by atoms with Crippen LogP contribution in [0.1, 0.15) is 22.7 Å². The quantitative estimate of drug-likeness (QED) is 0.819. The molecular weight excluding hydrogens is 302 g/mol. The second kappa shape index (κ2) is 5.90. The molecule has 0 saturated heterocycles. The van der Waals surface area contributed by atoms with Crippen molar-refractivity contribution in [2.24, 2.45) is 5.73 Å². The molecule has 0 aliphatic rings. The first-order chi connectivity index (χ1) is 8.39. The highest BCUT2D eigenvalue weighted by atomic mass is 35.5. The van der Waals surface area contributed by atoms with Crippen molar-refractivity contribution in [3.05, 3.63) is 57.5 Å². The molecule has 2 aromatic rings. The molecule has 0 saturated carbocycles. The molecule has 104 valence electrons. The van der Waals surface area contributed by atoms with Crippen molar-refractivity contribution >= 4 is 23.7 Å². The van der Waals surface area contributed by atoms with Crippen LogP contribution in [0, 0.1) is 5.82 Å². The summed E-state index contributed by atoms with van der Waals surface area (Å²) in [5.74, 6) is -1.29. The topological polar surface area (TPSA) is 26.0 Å². The molecule has 0 aliphatic carbocycles. The van der Waals surface area contributed by atoms with E-state index in [0.717, 1.165) is 12.1 Å². The molecule has 1 atom stereocenters. The van der Waals surface area contributed by atoms with Crippen molar-refractivity contribution in [1.29, 1.82) is 0 Å². The van der Waals surface area contributed by atoms with Crippen molar-refractivity contribution in [2.75, 3.05) is 0 Å². The molecule has 0 radical (unpaired) electrons. The average Bonchev–Trinajstić information content (AvgIpc) is 2.80. The molecule has 1 aromatic carbocycles. The first-order valence-electron chi connectivity index (χ1n) is 5.04. The standard InChI is InChI=1S/C12H9F4NS.ClH/c13-10-2-1-7(5-9(10)12(14,15)16)11(17)8-3-4-18-6-8;/h1-6,11H,17H2;1H/t11-;/m1./s1. The van der Waals surface area contributed by atoms with Gasteiger partial charge in [-0.2, -0.15) is 24.5 Å². The van der Waals surface area contributed by atoms with Crippen LogP contribution in [-0.4, -0.2) is 0 Å². The van der Waals surface area contributed by atoms with Gasteiger partial charge in [-0.15, -0.1) is 12.4 Å². The molecule has 19 heavy (non-hydrogen) atoms. The third kappa shape index (κ3) is 3.46. The average molecular weight is 312 g/mol. The maximum Gasteiger partial charge on any atom is 0.419 e. The highest BCUT2D eigenvalue weighted by Crippen LogP contribution is 2.33. The highest BCUT2D eigenvalue weighted by Gasteiger charge is 2.34. The molecule has 2 N–H and O–H groups in total. The zero-order valence-electron chi connectivity index (χ0n) is 9.45. The third-order valence-corrected chi connectivity index (χ3v) is 3.26. The van der Waals surface area contributed by atoms with E-state index in [-0.39, 0.29) is 18.0 Å². The van der Waals surface area contributed by atoms with E-state index in [1.807, 2.05) is 0 Å². The van der Waals surface area contributed by atoms with Gasteiger partial charge in [0.15, 0.2) is 0 Å². The monoisotopic (exact) mass is 311 g/mol. The van der Waals surface area contributed by atoms with Gasteiger partial charge in [-0.3, -0.25) is 0 Å². The summed E-state index contributed by atoms with van der Waals surface area (Å²) in [6, 6.07) is 3.87. The number of rotatable bonds is 2. The van der Waals surface area contributed by atoms with Gasteiger partial charge in [0.25, 0.3) is 0 Å². The lowest BCUT2D eigenvalue weighted by Gasteiger charge is -2.14. The first kappa shape index (κ1) is 15.9. The van der Waals surface area contributed by atoms with E-state index in [4.69, 9.17) is 5.73 Å². The van der Waals surface area contributed by atoms with Crippen molar-refractivity contribution in [3.8, 4) is 0 Å². The Balaban J connectivity index is 0.00000180. The van der Waals surface area contributed by atoms with Crippen LogP contribution in [0.15, 0.2) is 35.0 Å². The first-order valence-corrected chi connectivity index (χ1v) is 5.98. The van der Waals surface area contributed by atoms with E-state index in [1.165, 1.54) is 17.4 Å². The van der Waals surface area contributed by atoms with Crippen molar-refractivity contribution in [2.45, 2.75) is 12.2 Å². The van der Waals surface area contributed by atoms with Crippen LogP contribution >= 0.6 is 23.7 Å². The Bertz CT molecular complexity index is 539. The lowest BCUT2D eigenvalue weighted by atomic mass is 10.00. The fourth-order valence-corrected chi connectivity index (χ4v) is 2.29. The van der Waals surface area contributed by atoms with Crippen molar-refractivity contribution < 1.29 is 17.6 Å². The molecule has 0 spiro atoms. The second-order valence-electron chi connectivity index (χ2n) is 3.77. The lowest BCUT2D eigenvalue weighted by Crippen LogP contribution is -2.14. The predicted octanol–water partition coefficient (Wildman–Crippen LogP) is 4.38. The summed E-state index contributed by atoms with van der Waals surface area (Å²) >= 11 is 1.40. The summed E-state index contributed by atoms with van der Waals surface area (Å²) in [4.78, 5) is 0. The van der Waals surface area contributed by atoms with Crippen LogP contribution in [0.4, 0.5) is 17.6 Å². The maximum atomic E-state index is 13.1. The minimum atomic E-state index is -4.71. The summed E-state index contributed by atoms with van der Waals surface area (Å²) in [6.07, 6.45) is -4.71. The number of halogens is 5. The Morgan fingerprint density at radius 2 is 1.79 bits per heavy atom. The Hall–Kier alpha value is -1.11. The Morgan fingerprint density at radius 1 is 1.11 bits per heavy atom. The maximum absolute atomic E-state index is 13.1. The van der Waals surface area contributed by atoms with Crippen LogP contribution < -0.4 is 5.73 Å². The molecule has 0 amide bonds. The van der Waals surface area contributed by atoms with E-state index in [0.29, 0.717) is 5.56 Å². The fraction of sp³-hybridized carbons (Fsp3) is 0.167. The van der Waals surface area contributed by atoms with Gasteiger partial charge in [0.2, 0.25) is 0 Å². The Morgan fingerprint density at radius 3 is 2.32 bits per heavy atom. The summed E-state index contributed by atoms with van der Waals surface area (Å²) in [7, 11) is 0. The largest absolute Gasteiger partial charge is 0.419 e. The number of nitrogens with two attached hydrogens (primary N) is 1.